The largest absolute Gasteiger partial charge is 0.444 e. The summed E-state index contributed by atoms with van der Waals surface area (Å²) >= 11 is 1.44. The van der Waals surface area contributed by atoms with E-state index in [-0.39, 0.29) is 18.0 Å². The number of likely N-dealkylation sites (N-methyl/N-ethyl adjacent to an activating group) is 1. The van der Waals surface area contributed by atoms with E-state index < -0.39 is 5.60 Å². The molecular weight excluding hydrogens is 350 g/mol. The highest BCUT2D eigenvalue weighted by molar-refractivity contribution is 7.12. The second-order valence-corrected chi connectivity index (χ2v) is 8.43. The molecule has 7 heteroatoms. The molecule has 6 nitrogen and oxygen atoms in total. The molecule has 2 amide bonds. The minimum absolute atomic E-state index is 0.00497. The van der Waals surface area contributed by atoms with Crippen molar-refractivity contribution in [3.05, 3.63) is 40.8 Å². The zero-order chi connectivity index (χ0) is 18.9. The van der Waals surface area contributed by atoms with E-state index in [2.05, 4.69) is 0 Å². The van der Waals surface area contributed by atoms with Crippen LogP contribution < -0.4 is 0 Å². The van der Waals surface area contributed by atoms with Crippen LogP contribution in [-0.4, -0.2) is 58.1 Å². The van der Waals surface area contributed by atoms with Crippen molar-refractivity contribution in [2.75, 3.05) is 20.1 Å². The van der Waals surface area contributed by atoms with Crippen molar-refractivity contribution in [3.8, 4) is 5.69 Å². The first-order valence-electron chi connectivity index (χ1n) is 8.72. The molecule has 0 unspecified atom stereocenters. The Morgan fingerprint density at radius 3 is 2.62 bits per heavy atom. The summed E-state index contributed by atoms with van der Waals surface area (Å²) in [6.07, 6.45) is 4.30. The molecular formula is C19H25N3O3S. The lowest BCUT2D eigenvalue weighted by molar-refractivity contribution is 0.0279. The lowest BCUT2D eigenvalue weighted by Gasteiger charge is -2.26. The summed E-state index contributed by atoms with van der Waals surface area (Å²) < 4.78 is 7.38. The van der Waals surface area contributed by atoms with Crippen LogP contribution >= 0.6 is 11.3 Å². The normalized spacial score (nSPS) is 17.4. The molecule has 0 aromatic carbocycles. The highest BCUT2D eigenvalue weighted by atomic mass is 32.1. The van der Waals surface area contributed by atoms with Crippen LogP contribution in [0, 0.1) is 0 Å². The number of likely N-dealkylation sites (tertiary alicyclic amines) is 1. The number of carbonyl (C=O) groups is 2. The van der Waals surface area contributed by atoms with E-state index in [1.54, 1.807) is 9.80 Å². The quantitative estimate of drug-likeness (QED) is 0.823. The first-order chi connectivity index (χ1) is 12.3. The van der Waals surface area contributed by atoms with E-state index >= 15 is 0 Å². The molecule has 26 heavy (non-hydrogen) atoms. The molecule has 140 valence electrons. The van der Waals surface area contributed by atoms with Crippen LogP contribution in [0.5, 0.6) is 0 Å². The molecule has 0 radical (unpaired) electrons. The predicted molar refractivity (Wildman–Crippen MR) is 102 cm³/mol. The van der Waals surface area contributed by atoms with Crippen LogP contribution in [0.15, 0.2) is 36.0 Å². The van der Waals surface area contributed by atoms with Crippen molar-refractivity contribution < 1.29 is 14.3 Å². The van der Waals surface area contributed by atoms with Gasteiger partial charge in [-0.2, -0.15) is 0 Å². The molecule has 1 atom stereocenters. The minimum atomic E-state index is -0.514. The van der Waals surface area contributed by atoms with Crippen LogP contribution in [-0.2, 0) is 4.74 Å². The lowest BCUT2D eigenvalue weighted by Crippen LogP contribution is -2.41. The maximum Gasteiger partial charge on any atom is 0.410 e. The summed E-state index contributed by atoms with van der Waals surface area (Å²) in [6.45, 7) is 6.67. The monoisotopic (exact) mass is 375 g/mol. The van der Waals surface area contributed by atoms with Gasteiger partial charge in [0.1, 0.15) is 10.5 Å². The van der Waals surface area contributed by atoms with Crippen LogP contribution in [0.3, 0.4) is 0 Å². The first kappa shape index (κ1) is 18.5. The van der Waals surface area contributed by atoms with Gasteiger partial charge in [0, 0.05) is 32.5 Å². The van der Waals surface area contributed by atoms with E-state index in [0.29, 0.717) is 18.0 Å². The Morgan fingerprint density at radius 2 is 1.96 bits per heavy atom. The molecule has 0 aliphatic carbocycles. The molecule has 2 aromatic rings. The number of thiophene rings is 1. The maximum atomic E-state index is 13.0. The van der Waals surface area contributed by atoms with Crippen molar-refractivity contribution in [1.82, 2.24) is 14.4 Å². The molecule has 3 heterocycles. The summed E-state index contributed by atoms with van der Waals surface area (Å²) in [4.78, 5) is 29.4. The number of amides is 2. The number of hydrogen-bond acceptors (Lipinski definition) is 4. The Bertz CT molecular complexity index is 776. The molecule has 1 aliphatic heterocycles. The number of rotatable bonds is 3. The van der Waals surface area contributed by atoms with Crippen molar-refractivity contribution in [3.63, 3.8) is 0 Å². The van der Waals surface area contributed by atoms with Gasteiger partial charge in [-0.05, 0) is 50.8 Å². The minimum Gasteiger partial charge on any atom is -0.444 e. The summed E-state index contributed by atoms with van der Waals surface area (Å²) in [5.74, 6) is -0.0141. The standard InChI is InChI=1S/C19H25N3O3S/c1-19(2,3)25-18(24)22-11-7-14(13-22)20(4)17(23)16-15(8-12-26-16)21-9-5-6-10-21/h5-6,8-10,12,14H,7,11,13H2,1-4H3/t14-/m0/s1. The first-order valence-corrected chi connectivity index (χ1v) is 9.60. The smallest absolute Gasteiger partial charge is 0.410 e. The fourth-order valence-corrected chi connectivity index (χ4v) is 3.91. The second kappa shape index (κ2) is 7.15. The van der Waals surface area contributed by atoms with Gasteiger partial charge in [-0.1, -0.05) is 0 Å². The predicted octanol–water partition coefficient (Wildman–Crippen LogP) is 3.62. The van der Waals surface area contributed by atoms with Crippen molar-refractivity contribution >= 4 is 23.3 Å². The van der Waals surface area contributed by atoms with Crippen LogP contribution in [0.25, 0.3) is 5.69 Å². The summed E-state index contributed by atoms with van der Waals surface area (Å²) in [5, 5.41) is 1.93. The Kier molecular flexibility index (Phi) is 5.09. The zero-order valence-electron chi connectivity index (χ0n) is 15.6. The summed E-state index contributed by atoms with van der Waals surface area (Å²) in [5.41, 5.74) is 0.373. The third kappa shape index (κ3) is 3.93. The van der Waals surface area contributed by atoms with Crippen LogP contribution in [0.4, 0.5) is 4.79 Å². The van der Waals surface area contributed by atoms with E-state index in [4.69, 9.17) is 4.74 Å². The topological polar surface area (TPSA) is 54.8 Å². The van der Waals surface area contributed by atoms with Gasteiger partial charge in [0.2, 0.25) is 0 Å². The van der Waals surface area contributed by atoms with Gasteiger partial charge in [-0.25, -0.2) is 4.79 Å². The molecule has 3 rings (SSSR count). The van der Waals surface area contributed by atoms with Gasteiger partial charge in [0.05, 0.1) is 11.7 Å². The molecule has 0 spiro atoms. The molecule has 1 saturated heterocycles. The third-order valence-electron chi connectivity index (χ3n) is 4.40. The average Bonchev–Trinajstić information content (AvgIpc) is 3.31. The van der Waals surface area contributed by atoms with Crippen LogP contribution in [0.2, 0.25) is 0 Å². The fourth-order valence-electron chi connectivity index (χ4n) is 3.04. The SMILES string of the molecule is CN(C(=O)c1sccc1-n1cccc1)[C@H]1CCN(C(=O)OC(C)(C)C)C1. The number of ether oxygens (including phenoxy) is 1. The fraction of sp³-hybridized carbons (Fsp3) is 0.474. The van der Waals surface area contributed by atoms with E-state index in [0.717, 1.165) is 12.1 Å². The van der Waals surface area contributed by atoms with Gasteiger partial charge >= 0.3 is 6.09 Å². The van der Waals surface area contributed by atoms with Gasteiger partial charge in [0.15, 0.2) is 0 Å². The van der Waals surface area contributed by atoms with Gasteiger partial charge in [-0.15, -0.1) is 11.3 Å². The average molecular weight is 375 g/mol. The van der Waals surface area contributed by atoms with Crippen molar-refractivity contribution in [2.24, 2.45) is 0 Å². The molecule has 1 fully saturated rings. The van der Waals surface area contributed by atoms with E-state index in [9.17, 15) is 9.59 Å². The highest BCUT2D eigenvalue weighted by Gasteiger charge is 2.34. The lowest BCUT2D eigenvalue weighted by atomic mass is 10.2. The van der Waals surface area contributed by atoms with Crippen LogP contribution in [0.1, 0.15) is 36.9 Å². The number of carbonyl (C=O) groups excluding carboxylic acids is 2. The van der Waals surface area contributed by atoms with Gasteiger partial charge in [0.25, 0.3) is 5.91 Å². The zero-order valence-corrected chi connectivity index (χ0v) is 16.5. The number of nitrogens with zero attached hydrogens (tertiary/aromatic N) is 3. The Morgan fingerprint density at radius 1 is 1.27 bits per heavy atom. The molecule has 1 aliphatic rings. The molecule has 0 saturated carbocycles. The van der Waals surface area contributed by atoms with E-state index in [1.807, 2.05) is 68.4 Å². The van der Waals surface area contributed by atoms with Gasteiger partial charge < -0.3 is 19.1 Å². The number of hydrogen-bond donors (Lipinski definition) is 0. The highest BCUT2D eigenvalue weighted by Crippen LogP contribution is 2.25. The maximum absolute atomic E-state index is 13.0. The molecule has 0 bridgehead atoms. The summed E-state index contributed by atoms with van der Waals surface area (Å²) in [7, 11) is 1.81. The molecule has 0 N–H and O–H groups in total. The molecule has 2 aromatic heterocycles. The van der Waals surface area contributed by atoms with E-state index in [1.165, 1.54) is 11.3 Å². The Balaban J connectivity index is 1.67. The Labute approximate surface area is 158 Å². The third-order valence-corrected chi connectivity index (χ3v) is 5.30. The van der Waals surface area contributed by atoms with Crippen molar-refractivity contribution in [2.45, 2.75) is 38.8 Å². The summed E-state index contributed by atoms with van der Waals surface area (Å²) in [6, 6.07) is 5.82. The number of aromatic nitrogens is 1. The van der Waals surface area contributed by atoms with Crippen molar-refractivity contribution in [1.29, 1.82) is 0 Å². The van der Waals surface area contributed by atoms with Gasteiger partial charge in [-0.3, -0.25) is 4.79 Å². The second-order valence-electron chi connectivity index (χ2n) is 7.51. The Hall–Kier alpha value is -2.28.